The van der Waals surface area contributed by atoms with Crippen molar-refractivity contribution in [2.24, 2.45) is 0 Å². The third-order valence-corrected chi connectivity index (χ3v) is 5.00. The molecule has 1 atom stereocenters. The van der Waals surface area contributed by atoms with Crippen molar-refractivity contribution in [1.29, 1.82) is 0 Å². The van der Waals surface area contributed by atoms with Crippen LogP contribution in [0.2, 0.25) is 0 Å². The molecule has 1 unspecified atom stereocenters. The van der Waals surface area contributed by atoms with Crippen LogP contribution in [0.4, 0.5) is 0 Å². The molecule has 2 rings (SSSR count). The number of benzene rings is 2. The van der Waals surface area contributed by atoms with Gasteiger partial charge in [0.05, 0.1) is 12.2 Å². The Morgan fingerprint density at radius 1 is 0.889 bits per heavy atom. The van der Waals surface area contributed by atoms with Gasteiger partial charge in [0.25, 0.3) is 0 Å². The first-order chi connectivity index (χ1) is 12.2. The molecule has 0 aromatic heterocycles. The first-order valence-electron chi connectivity index (χ1n) is 9.04. The van der Waals surface area contributed by atoms with Gasteiger partial charge in [-0.05, 0) is 80.3 Å². The maximum Gasteiger partial charge on any atom is 1.00 e. The second-order valence-corrected chi connectivity index (χ2v) is 8.46. The Labute approximate surface area is 177 Å². The molecule has 0 radical (unpaired) electrons. The number of hydrogen-bond donors (Lipinski definition) is 0. The summed E-state index contributed by atoms with van der Waals surface area (Å²) in [6.45, 7) is 14.0. The van der Waals surface area contributed by atoms with Crippen LogP contribution in [0.5, 0.6) is 11.5 Å². The van der Waals surface area contributed by atoms with Crippen LogP contribution in [0.15, 0.2) is 30.3 Å². The molecule has 0 aliphatic rings. The zero-order chi connectivity index (χ0) is 19.4. The molecule has 140 valence electrons. The van der Waals surface area contributed by atoms with Crippen LogP contribution >= 0.6 is 8.58 Å². The molecular formula is C22H29LiO3P+. The third kappa shape index (κ3) is 6.69. The van der Waals surface area contributed by atoms with E-state index in [4.69, 9.17) is 9.47 Å². The van der Waals surface area contributed by atoms with Crippen molar-refractivity contribution in [2.75, 3.05) is 0 Å². The van der Waals surface area contributed by atoms with Gasteiger partial charge in [-0.25, -0.2) is 0 Å². The van der Waals surface area contributed by atoms with E-state index in [1.54, 1.807) is 0 Å². The Hall–Kier alpha value is -1.26. The Bertz CT molecular complexity index is 777. The van der Waals surface area contributed by atoms with Crippen molar-refractivity contribution in [2.45, 2.75) is 60.7 Å². The molecule has 3 nitrogen and oxygen atoms in total. The van der Waals surface area contributed by atoms with Crippen molar-refractivity contribution in [1.82, 2.24) is 0 Å². The maximum atomic E-state index is 13.0. The van der Waals surface area contributed by atoms with Crippen molar-refractivity contribution in [3.63, 3.8) is 0 Å². The van der Waals surface area contributed by atoms with Gasteiger partial charge < -0.3 is 9.47 Å². The van der Waals surface area contributed by atoms with Crippen LogP contribution in [-0.4, -0.2) is 17.7 Å². The Balaban J connectivity index is 0.00000364. The number of aryl methyl sites for hydroxylation is 3. The van der Waals surface area contributed by atoms with Crippen LogP contribution in [-0.2, 0) is 0 Å². The second kappa shape index (κ2) is 10.3. The van der Waals surface area contributed by atoms with Crippen LogP contribution in [0, 0.1) is 20.8 Å². The predicted octanol–water partition coefficient (Wildman–Crippen LogP) is 2.33. The first kappa shape index (κ1) is 23.8. The van der Waals surface area contributed by atoms with Gasteiger partial charge in [0.2, 0.25) is 0 Å². The molecule has 2 aromatic rings. The third-order valence-electron chi connectivity index (χ3n) is 3.84. The summed E-state index contributed by atoms with van der Waals surface area (Å²) >= 11 is 0. The van der Waals surface area contributed by atoms with Crippen molar-refractivity contribution >= 4 is 19.4 Å². The van der Waals surface area contributed by atoms with E-state index in [1.807, 2.05) is 59.7 Å². The Morgan fingerprint density at radius 2 is 1.44 bits per heavy atom. The zero-order valence-corrected chi connectivity index (χ0v) is 18.8. The van der Waals surface area contributed by atoms with Gasteiger partial charge in [-0.15, -0.1) is 0 Å². The summed E-state index contributed by atoms with van der Waals surface area (Å²) in [5, 5.41) is 0.916. The summed E-state index contributed by atoms with van der Waals surface area (Å²) in [4.78, 5) is 13.0. The van der Waals surface area contributed by atoms with E-state index in [0.29, 0.717) is 0 Å². The van der Waals surface area contributed by atoms with E-state index in [0.717, 1.165) is 33.5 Å². The van der Waals surface area contributed by atoms with E-state index in [9.17, 15) is 4.79 Å². The Kier molecular flexibility index (Phi) is 9.09. The fourth-order valence-corrected chi connectivity index (χ4v) is 4.21. The summed E-state index contributed by atoms with van der Waals surface area (Å²) in [5.41, 5.74) is 4.22. The fourth-order valence-electron chi connectivity index (χ4n) is 3.03. The largest absolute Gasteiger partial charge is 1.00 e. The molecule has 2 aromatic carbocycles. The summed E-state index contributed by atoms with van der Waals surface area (Å²) in [6, 6.07) is 9.89. The summed E-state index contributed by atoms with van der Waals surface area (Å²) in [6.07, 6.45) is 0.125. The minimum Gasteiger partial charge on any atom is -0.491 e. The molecule has 0 heterocycles. The molecule has 0 saturated heterocycles. The van der Waals surface area contributed by atoms with Crippen LogP contribution < -0.4 is 33.6 Å². The molecule has 0 fully saturated rings. The molecule has 0 bridgehead atoms. The molecule has 0 amide bonds. The first-order valence-corrected chi connectivity index (χ1v) is 10.0. The van der Waals surface area contributed by atoms with E-state index in [1.165, 1.54) is 5.56 Å². The second-order valence-electron chi connectivity index (χ2n) is 7.22. The van der Waals surface area contributed by atoms with Gasteiger partial charge in [-0.1, -0.05) is 17.7 Å². The smallest absolute Gasteiger partial charge is 0.491 e. The predicted molar refractivity (Wildman–Crippen MR) is 111 cm³/mol. The van der Waals surface area contributed by atoms with Gasteiger partial charge in [0, 0.05) is 16.9 Å². The van der Waals surface area contributed by atoms with Crippen LogP contribution in [0.1, 0.15) is 54.7 Å². The van der Waals surface area contributed by atoms with Crippen molar-refractivity contribution in [3.8, 4) is 11.5 Å². The summed E-state index contributed by atoms with van der Waals surface area (Å²) < 4.78 is 11.7. The average Bonchev–Trinajstić information content (AvgIpc) is 2.47. The zero-order valence-electron chi connectivity index (χ0n) is 17.8. The Morgan fingerprint density at radius 3 is 1.96 bits per heavy atom. The monoisotopic (exact) mass is 379 g/mol. The van der Waals surface area contributed by atoms with Crippen molar-refractivity contribution < 1.29 is 33.1 Å². The minimum atomic E-state index is 0. The van der Waals surface area contributed by atoms with Crippen LogP contribution in [0.3, 0.4) is 0 Å². The molecule has 0 aliphatic heterocycles. The molecular weight excluding hydrogens is 350 g/mol. The fraction of sp³-hybridized carbons (Fsp3) is 0.409. The molecule has 5 heteroatoms. The summed E-state index contributed by atoms with van der Waals surface area (Å²) in [7, 11) is 0.0164. The molecule has 27 heavy (non-hydrogen) atoms. The van der Waals surface area contributed by atoms with Gasteiger partial charge in [0.1, 0.15) is 11.5 Å². The van der Waals surface area contributed by atoms with Gasteiger partial charge in [0.15, 0.2) is 5.52 Å². The quantitative estimate of drug-likeness (QED) is 0.547. The standard InChI is InChI=1S/C22H29O3P.Li/c1-13(2)24-18-8-9-20(19(12-18)25-14(3)4)26-22(23)21-16(6)10-15(5)11-17(21)7;/h8-14,26H,1-7H3;/q;+1. The van der Waals surface area contributed by atoms with Gasteiger partial charge in [-0.3, -0.25) is 4.79 Å². The number of carbonyl (C=O) groups excluding carboxylic acids is 1. The van der Waals surface area contributed by atoms with E-state index < -0.39 is 0 Å². The number of hydrogen-bond acceptors (Lipinski definition) is 3. The normalized spacial score (nSPS) is 11.1. The molecule has 0 saturated carbocycles. The van der Waals surface area contributed by atoms with E-state index in [-0.39, 0.29) is 45.2 Å². The molecule has 0 spiro atoms. The molecule has 0 aliphatic carbocycles. The van der Waals surface area contributed by atoms with Gasteiger partial charge >= 0.3 is 18.9 Å². The maximum absolute atomic E-state index is 13.0. The van der Waals surface area contributed by atoms with Crippen molar-refractivity contribution in [3.05, 3.63) is 52.6 Å². The summed E-state index contributed by atoms with van der Waals surface area (Å²) in [5.74, 6) is 1.49. The topological polar surface area (TPSA) is 35.5 Å². The number of rotatable bonds is 7. The van der Waals surface area contributed by atoms with E-state index >= 15 is 0 Å². The minimum absolute atomic E-state index is 0. The van der Waals surface area contributed by atoms with Crippen LogP contribution in [0.25, 0.3) is 0 Å². The van der Waals surface area contributed by atoms with Gasteiger partial charge in [-0.2, -0.15) is 0 Å². The molecule has 0 N–H and O–H groups in total. The number of ether oxygens (including phenoxy) is 2. The SMILES string of the molecule is Cc1cc(C)c(C(=O)Pc2ccc(OC(C)C)cc2OC(C)C)c(C)c1.[Li+]. The number of carbonyl (C=O) groups is 1. The van der Waals surface area contributed by atoms with E-state index in [2.05, 4.69) is 19.1 Å². The average molecular weight is 379 g/mol.